The highest BCUT2D eigenvalue weighted by molar-refractivity contribution is 5.83. The van der Waals surface area contributed by atoms with Crippen LogP contribution >= 0.6 is 0 Å². The molecule has 2 aromatic carbocycles. The number of nitrogens with one attached hydrogen (secondary N) is 2. The Morgan fingerprint density at radius 1 is 1.00 bits per heavy atom. The van der Waals surface area contributed by atoms with E-state index in [-0.39, 0.29) is 37.3 Å². The third-order valence-corrected chi connectivity index (χ3v) is 6.06. The van der Waals surface area contributed by atoms with E-state index in [4.69, 9.17) is 14.9 Å². The Hall–Kier alpha value is -3.39. The van der Waals surface area contributed by atoms with E-state index in [1.54, 1.807) is 0 Å². The second-order valence-electron chi connectivity index (χ2n) is 8.56. The maximum Gasteiger partial charge on any atom is 0.407 e. The van der Waals surface area contributed by atoms with Crippen LogP contribution in [-0.4, -0.2) is 54.0 Å². The highest BCUT2D eigenvalue weighted by Crippen LogP contribution is 2.44. The average Bonchev–Trinajstić information content (AvgIpc) is 3.12. The van der Waals surface area contributed by atoms with Crippen molar-refractivity contribution in [3.05, 3.63) is 59.7 Å². The van der Waals surface area contributed by atoms with E-state index in [9.17, 15) is 14.4 Å². The van der Waals surface area contributed by atoms with E-state index in [1.165, 1.54) is 0 Å². The van der Waals surface area contributed by atoms with E-state index in [0.717, 1.165) is 22.3 Å². The molecule has 1 aliphatic carbocycles. The van der Waals surface area contributed by atoms with Gasteiger partial charge in [0.05, 0.1) is 6.61 Å². The number of amides is 2. The maximum atomic E-state index is 12.4. The smallest absolute Gasteiger partial charge is 0.407 e. The Morgan fingerprint density at radius 3 is 2.09 bits per heavy atom. The Morgan fingerprint density at radius 2 is 1.58 bits per heavy atom. The summed E-state index contributed by atoms with van der Waals surface area (Å²) in [4.78, 5) is 35.6. The van der Waals surface area contributed by atoms with E-state index in [1.807, 2.05) is 50.2 Å². The van der Waals surface area contributed by atoms with Crippen LogP contribution in [0.1, 0.15) is 37.3 Å². The number of carbonyl (C=O) groups is 3. The Balaban J connectivity index is 1.54. The van der Waals surface area contributed by atoms with Crippen molar-refractivity contribution < 1.29 is 29.3 Å². The molecule has 3 rings (SSSR count). The number of alkyl carbamates (subject to hydrolysis) is 1. The van der Waals surface area contributed by atoms with Crippen LogP contribution in [0.4, 0.5) is 4.79 Å². The molecular formula is C25H30N2O6. The van der Waals surface area contributed by atoms with Gasteiger partial charge in [-0.05, 0) is 34.1 Å². The van der Waals surface area contributed by atoms with Crippen molar-refractivity contribution in [2.75, 3.05) is 19.8 Å². The first-order valence-electron chi connectivity index (χ1n) is 11.0. The van der Waals surface area contributed by atoms with Crippen LogP contribution < -0.4 is 10.6 Å². The average molecular weight is 455 g/mol. The fourth-order valence-corrected chi connectivity index (χ4v) is 4.08. The molecule has 8 heteroatoms. The summed E-state index contributed by atoms with van der Waals surface area (Å²) in [7, 11) is 0. The summed E-state index contributed by atoms with van der Waals surface area (Å²) in [5.41, 5.74) is 4.55. The van der Waals surface area contributed by atoms with Crippen LogP contribution in [0, 0.1) is 11.8 Å². The number of aliphatic hydroxyl groups is 1. The molecule has 0 saturated carbocycles. The minimum atomic E-state index is -1.35. The predicted octanol–water partition coefficient (Wildman–Crippen LogP) is 2.75. The lowest BCUT2D eigenvalue weighted by atomic mass is 9.92. The van der Waals surface area contributed by atoms with Gasteiger partial charge in [-0.2, -0.15) is 0 Å². The van der Waals surface area contributed by atoms with Crippen molar-refractivity contribution in [2.45, 2.75) is 32.2 Å². The minimum absolute atomic E-state index is 0.0190. The Labute approximate surface area is 193 Å². The number of carboxylic acid groups (broad SMARTS) is 1. The van der Waals surface area contributed by atoms with Gasteiger partial charge >= 0.3 is 12.1 Å². The summed E-state index contributed by atoms with van der Waals surface area (Å²) >= 11 is 0. The number of hydrogen-bond acceptors (Lipinski definition) is 5. The number of aliphatic carboxylic acids is 1. The highest BCUT2D eigenvalue weighted by Gasteiger charge is 2.29. The lowest BCUT2D eigenvalue weighted by Gasteiger charge is -2.22. The molecule has 0 spiro atoms. The quantitative estimate of drug-likeness (QED) is 0.438. The molecule has 2 atom stereocenters. The molecule has 33 heavy (non-hydrogen) atoms. The van der Waals surface area contributed by atoms with Gasteiger partial charge in [0.15, 0.2) is 0 Å². The molecule has 0 saturated heterocycles. The topological polar surface area (TPSA) is 125 Å². The van der Waals surface area contributed by atoms with E-state index < -0.39 is 30.6 Å². The van der Waals surface area contributed by atoms with Crippen molar-refractivity contribution in [2.24, 2.45) is 11.8 Å². The molecule has 2 aromatic rings. The van der Waals surface area contributed by atoms with E-state index in [0.29, 0.717) is 0 Å². The normalized spacial score (nSPS) is 14.2. The number of fused-ring (bicyclic) bond motifs is 3. The first kappa shape index (κ1) is 24.3. The number of benzene rings is 2. The van der Waals surface area contributed by atoms with Crippen LogP contribution in [0.25, 0.3) is 11.1 Å². The monoisotopic (exact) mass is 454 g/mol. The summed E-state index contributed by atoms with van der Waals surface area (Å²) in [6.07, 6.45) is -0.549. The van der Waals surface area contributed by atoms with E-state index >= 15 is 0 Å². The molecule has 0 fully saturated rings. The van der Waals surface area contributed by atoms with Gasteiger partial charge in [0.2, 0.25) is 5.91 Å². The van der Waals surface area contributed by atoms with Crippen LogP contribution in [0.15, 0.2) is 48.5 Å². The van der Waals surface area contributed by atoms with Crippen molar-refractivity contribution in [3.63, 3.8) is 0 Å². The molecule has 0 bridgehead atoms. The first-order valence-corrected chi connectivity index (χ1v) is 11.0. The first-order chi connectivity index (χ1) is 15.8. The number of carbonyl (C=O) groups excluding carboxylic acids is 2. The summed E-state index contributed by atoms with van der Waals surface area (Å²) in [6.45, 7) is 3.55. The predicted molar refractivity (Wildman–Crippen MR) is 123 cm³/mol. The van der Waals surface area contributed by atoms with Gasteiger partial charge in [-0.1, -0.05) is 62.4 Å². The van der Waals surface area contributed by atoms with Crippen molar-refractivity contribution in [3.8, 4) is 11.1 Å². The summed E-state index contributed by atoms with van der Waals surface area (Å²) in [6, 6.07) is 14.8. The van der Waals surface area contributed by atoms with Gasteiger partial charge < -0.3 is 25.6 Å². The standard InChI is InChI=1S/C25H30N2O6/c1-15(2)16(11-23(29)27-22(13-28)24(30)31)12-26-25(32)33-14-21-19-9-5-3-7-17(19)18-8-4-6-10-20(18)21/h3-10,15-16,21-22,28H,11-14H2,1-2H3,(H,26,32)(H,27,29)(H,30,31)/t16?,22-/m1/s1. The van der Waals surface area contributed by atoms with Crippen molar-refractivity contribution in [1.29, 1.82) is 0 Å². The lowest BCUT2D eigenvalue weighted by Crippen LogP contribution is -2.45. The largest absolute Gasteiger partial charge is 0.480 e. The molecule has 176 valence electrons. The molecule has 2 amide bonds. The molecule has 8 nitrogen and oxygen atoms in total. The van der Waals surface area contributed by atoms with Gasteiger partial charge in [-0.25, -0.2) is 9.59 Å². The van der Waals surface area contributed by atoms with Crippen molar-refractivity contribution in [1.82, 2.24) is 10.6 Å². The van der Waals surface area contributed by atoms with Crippen LogP contribution in [0.2, 0.25) is 0 Å². The third kappa shape index (κ3) is 5.90. The third-order valence-electron chi connectivity index (χ3n) is 6.06. The summed E-state index contributed by atoms with van der Waals surface area (Å²) in [5.74, 6) is -2.00. The molecule has 0 radical (unpaired) electrons. The summed E-state index contributed by atoms with van der Waals surface area (Å²) < 4.78 is 5.53. The van der Waals surface area contributed by atoms with Gasteiger partial charge in [-0.15, -0.1) is 0 Å². The second kappa shape index (κ2) is 11.0. The van der Waals surface area contributed by atoms with Gasteiger partial charge in [0.1, 0.15) is 12.6 Å². The maximum absolute atomic E-state index is 12.4. The minimum Gasteiger partial charge on any atom is -0.480 e. The molecular weight excluding hydrogens is 424 g/mol. The molecule has 0 aromatic heterocycles. The number of rotatable bonds is 10. The van der Waals surface area contributed by atoms with Gasteiger partial charge in [0, 0.05) is 18.9 Å². The van der Waals surface area contributed by atoms with Crippen molar-refractivity contribution >= 4 is 18.0 Å². The molecule has 0 aliphatic heterocycles. The number of ether oxygens (including phenoxy) is 1. The van der Waals surface area contributed by atoms with Crippen LogP contribution in [-0.2, 0) is 14.3 Å². The highest BCUT2D eigenvalue weighted by atomic mass is 16.5. The lowest BCUT2D eigenvalue weighted by molar-refractivity contribution is -0.143. The molecule has 1 aliphatic rings. The second-order valence-corrected chi connectivity index (χ2v) is 8.56. The molecule has 1 unspecified atom stereocenters. The van der Waals surface area contributed by atoms with Gasteiger partial charge in [-0.3, -0.25) is 4.79 Å². The summed E-state index contributed by atoms with van der Waals surface area (Å²) in [5, 5.41) is 23.0. The Bertz CT molecular complexity index is 960. The fourth-order valence-electron chi connectivity index (χ4n) is 4.08. The van der Waals surface area contributed by atoms with Gasteiger partial charge in [0.25, 0.3) is 0 Å². The molecule has 0 heterocycles. The SMILES string of the molecule is CC(C)C(CNC(=O)OCC1c2ccccc2-c2ccccc21)CC(=O)N[C@H](CO)C(=O)O. The zero-order chi connectivity index (χ0) is 24.0. The number of aliphatic hydroxyl groups excluding tert-OH is 1. The number of carboxylic acids is 1. The Kier molecular flexibility index (Phi) is 8.06. The fraction of sp³-hybridized carbons (Fsp3) is 0.400. The zero-order valence-corrected chi connectivity index (χ0v) is 18.8. The van der Waals surface area contributed by atoms with Crippen LogP contribution in [0.5, 0.6) is 0 Å². The number of hydrogen-bond donors (Lipinski definition) is 4. The zero-order valence-electron chi connectivity index (χ0n) is 18.8. The molecule has 4 N–H and O–H groups in total. The van der Waals surface area contributed by atoms with E-state index in [2.05, 4.69) is 22.8 Å². The van der Waals surface area contributed by atoms with Crippen LogP contribution in [0.3, 0.4) is 0 Å².